The molecule has 1 N–H and O–H groups in total. The second kappa shape index (κ2) is 5.21. The number of nitrogens with one attached hydrogen (secondary N) is 1. The van der Waals surface area contributed by atoms with Crippen molar-refractivity contribution in [2.24, 2.45) is 5.41 Å². The average Bonchev–Trinajstić information content (AvgIpc) is 2.96. The van der Waals surface area contributed by atoms with Crippen molar-refractivity contribution in [3.63, 3.8) is 0 Å². The van der Waals surface area contributed by atoms with E-state index in [0.717, 1.165) is 6.54 Å². The highest BCUT2D eigenvalue weighted by molar-refractivity contribution is 5.90. The molecule has 24 heavy (non-hydrogen) atoms. The van der Waals surface area contributed by atoms with Crippen LogP contribution >= 0.6 is 0 Å². The standard InChI is InChI=1S/C21H27N3/c1-3-21-10-6-11-23-12-9-17-16-7-4-5-8-18(16)24(19(17)20(21)23)15(13-21)14-22-2/h4-5,7-8,13,20,22H,3,6,9-12,14H2,1-2H3/t20-,21+/m1/s1. The molecule has 1 aromatic carbocycles. The van der Waals surface area contributed by atoms with E-state index in [1.54, 1.807) is 11.3 Å². The van der Waals surface area contributed by atoms with Gasteiger partial charge in [0.25, 0.3) is 0 Å². The number of para-hydroxylation sites is 1. The Hall–Kier alpha value is -1.58. The van der Waals surface area contributed by atoms with E-state index < -0.39 is 0 Å². The SMILES string of the molecule is CC[C@@]12C=C(CNC)n3c4c(c5ccccc53)CCN(CCC1)[C@H]42. The molecule has 0 spiro atoms. The Morgan fingerprint density at radius 3 is 2.96 bits per heavy atom. The van der Waals surface area contributed by atoms with Crippen LogP contribution in [0.4, 0.5) is 0 Å². The first kappa shape index (κ1) is 14.7. The Kier molecular flexibility index (Phi) is 3.20. The molecular formula is C21H27N3. The van der Waals surface area contributed by atoms with Gasteiger partial charge in [-0.25, -0.2) is 0 Å². The van der Waals surface area contributed by atoms with E-state index >= 15 is 0 Å². The van der Waals surface area contributed by atoms with Gasteiger partial charge in [-0.1, -0.05) is 31.2 Å². The summed E-state index contributed by atoms with van der Waals surface area (Å²) in [6, 6.07) is 9.61. The molecule has 3 aliphatic rings. The van der Waals surface area contributed by atoms with Crippen LogP contribution in [0.15, 0.2) is 30.3 Å². The van der Waals surface area contributed by atoms with Gasteiger partial charge in [0, 0.05) is 35.3 Å². The van der Waals surface area contributed by atoms with Crippen LogP contribution in [0.25, 0.3) is 16.6 Å². The van der Waals surface area contributed by atoms with Crippen LogP contribution in [-0.4, -0.2) is 36.1 Å². The molecule has 3 aliphatic heterocycles. The third-order valence-corrected chi connectivity index (χ3v) is 6.68. The van der Waals surface area contributed by atoms with E-state index in [-0.39, 0.29) is 0 Å². The number of likely N-dealkylation sites (N-methyl/N-ethyl adjacent to an activating group) is 1. The lowest BCUT2D eigenvalue weighted by Crippen LogP contribution is -2.51. The molecule has 0 saturated carbocycles. The Balaban J connectivity index is 1.86. The number of nitrogens with zero attached hydrogens (tertiary/aromatic N) is 2. The van der Waals surface area contributed by atoms with Gasteiger partial charge in [-0.15, -0.1) is 0 Å². The summed E-state index contributed by atoms with van der Waals surface area (Å²) >= 11 is 0. The van der Waals surface area contributed by atoms with E-state index in [4.69, 9.17) is 0 Å². The predicted molar refractivity (Wildman–Crippen MR) is 100 cm³/mol. The van der Waals surface area contributed by atoms with Gasteiger partial charge in [0.15, 0.2) is 0 Å². The zero-order chi connectivity index (χ0) is 16.3. The van der Waals surface area contributed by atoms with Crippen LogP contribution in [-0.2, 0) is 6.42 Å². The molecule has 1 aromatic heterocycles. The molecule has 3 nitrogen and oxygen atoms in total. The maximum Gasteiger partial charge on any atom is 0.0599 e. The van der Waals surface area contributed by atoms with Crippen molar-refractivity contribution < 1.29 is 0 Å². The van der Waals surface area contributed by atoms with Crippen molar-refractivity contribution in [2.75, 3.05) is 26.7 Å². The predicted octanol–water partition coefficient (Wildman–Crippen LogP) is 3.80. The summed E-state index contributed by atoms with van der Waals surface area (Å²) in [6.45, 7) is 5.83. The molecule has 4 heterocycles. The fourth-order valence-corrected chi connectivity index (χ4v) is 5.70. The molecular weight excluding hydrogens is 294 g/mol. The molecule has 0 amide bonds. The zero-order valence-corrected chi connectivity index (χ0v) is 14.8. The number of aromatic nitrogens is 1. The summed E-state index contributed by atoms with van der Waals surface area (Å²) in [6.07, 6.45) is 7.74. The minimum atomic E-state index is 0.323. The molecule has 2 atom stereocenters. The normalized spacial score (nSPS) is 28.8. The molecule has 0 bridgehead atoms. The molecule has 126 valence electrons. The highest BCUT2D eigenvalue weighted by Crippen LogP contribution is 2.56. The van der Waals surface area contributed by atoms with Crippen LogP contribution in [0.5, 0.6) is 0 Å². The zero-order valence-electron chi connectivity index (χ0n) is 14.8. The lowest BCUT2D eigenvalue weighted by Gasteiger charge is -2.53. The van der Waals surface area contributed by atoms with Crippen molar-refractivity contribution in [2.45, 2.75) is 38.6 Å². The monoisotopic (exact) mass is 321 g/mol. The van der Waals surface area contributed by atoms with Crippen LogP contribution in [0.2, 0.25) is 0 Å². The van der Waals surface area contributed by atoms with Gasteiger partial charge in [0.05, 0.1) is 11.6 Å². The summed E-state index contributed by atoms with van der Waals surface area (Å²) in [5.74, 6) is 0. The molecule has 0 unspecified atom stereocenters. The van der Waals surface area contributed by atoms with Crippen molar-refractivity contribution in [3.8, 4) is 0 Å². The van der Waals surface area contributed by atoms with Crippen LogP contribution < -0.4 is 5.32 Å². The minimum Gasteiger partial charge on any atom is -0.314 e. The molecule has 1 fully saturated rings. The molecule has 1 saturated heterocycles. The fraction of sp³-hybridized carbons (Fsp3) is 0.524. The van der Waals surface area contributed by atoms with Gasteiger partial charge in [-0.2, -0.15) is 0 Å². The minimum absolute atomic E-state index is 0.323. The van der Waals surface area contributed by atoms with Crippen molar-refractivity contribution in [3.05, 3.63) is 41.6 Å². The smallest absolute Gasteiger partial charge is 0.0599 e. The Bertz CT molecular complexity index is 831. The second-order valence-corrected chi connectivity index (χ2v) is 7.76. The maximum absolute atomic E-state index is 3.42. The van der Waals surface area contributed by atoms with Crippen molar-refractivity contribution in [1.82, 2.24) is 14.8 Å². The first-order valence-electron chi connectivity index (χ1n) is 9.52. The van der Waals surface area contributed by atoms with Gasteiger partial charge in [0.2, 0.25) is 0 Å². The fourth-order valence-electron chi connectivity index (χ4n) is 5.70. The van der Waals surface area contributed by atoms with Gasteiger partial charge in [-0.3, -0.25) is 4.90 Å². The first-order chi connectivity index (χ1) is 11.8. The van der Waals surface area contributed by atoms with Gasteiger partial charge in [0.1, 0.15) is 0 Å². The lowest BCUT2D eigenvalue weighted by molar-refractivity contribution is 0.0268. The van der Waals surface area contributed by atoms with Gasteiger partial charge < -0.3 is 9.88 Å². The number of piperidine rings is 1. The van der Waals surface area contributed by atoms with Crippen LogP contribution in [0, 0.1) is 5.41 Å². The second-order valence-electron chi connectivity index (χ2n) is 7.76. The number of fused-ring (bicyclic) bond motifs is 3. The number of hydrogen-bond acceptors (Lipinski definition) is 2. The average molecular weight is 321 g/mol. The summed E-state index contributed by atoms with van der Waals surface area (Å²) in [4.78, 5) is 2.78. The van der Waals surface area contributed by atoms with Gasteiger partial charge >= 0.3 is 0 Å². The molecule has 5 rings (SSSR count). The number of hydrogen-bond donors (Lipinski definition) is 1. The van der Waals surface area contributed by atoms with Crippen LogP contribution in [0.3, 0.4) is 0 Å². The molecule has 2 aromatic rings. The number of benzene rings is 1. The van der Waals surface area contributed by atoms with E-state index in [0.29, 0.717) is 11.5 Å². The summed E-state index contributed by atoms with van der Waals surface area (Å²) in [5.41, 5.74) is 6.41. The maximum atomic E-state index is 3.42. The highest BCUT2D eigenvalue weighted by atomic mass is 15.2. The van der Waals surface area contributed by atoms with E-state index in [2.05, 4.69) is 59.1 Å². The highest BCUT2D eigenvalue weighted by Gasteiger charge is 2.49. The third-order valence-electron chi connectivity index (χ3n) is 6.68. The summed E-state index contributed by atoms with van der Waals surface area (Å²) in [7, 11) is 2.07. The lowest BCUT2D eigenvalue weighted by atomic mass is 9.66. The Labute approximate surface area is 144 Å². The van der Waals surface area contributed by atoms with E-state index in [9.17, 15) is 0 Å². The third kappa shape index (κ3) is 1.75. The molecule has 0 aliphatic carbocycles. The van der Waals surface area contributed by atoms with E-state index in [1.165, 1.54) is 55.4 Å². The van der Waals surface area contributed by atoms with Crippen LogP contribution in [0.1, 0.15) is 43.5 Å². The quantitative estimate of drug-likeness (QED) is 0.928. The molecule has 3 heteroatoms. The summed E-state index contributed by atoms with van der Waals surface area (Å²) < 4.78 is 2.59. The number of rotatable bonds is 3. The largest absolute Gasteiger partial charge is 0.314 e. The first-order valence-corrected chi connectivity index (χ1v) is 9.52. The van der Waals surface area contributed by atoms with Crippen molar-refractivity contribution in [1.29, 1.82) is 0 Å². The Morgan fingerprint density at radius 1 is 1.25 bits per heavy atom. The topological polar surface area (TPSA) is 20.2 Å². The van der Waals surface area contributed by atoms with Gasteiger partial charge in [-0.05, 0) is 50.9 Å². The summed E-state index contributed by atoms with van der Waals surface area (Å²) in [5, 5.41) is 4.89. The van der Waals surface area contributed by atoms with Crippen molar-refractivity contribution >= 4 is 16.6 Å². The van der Waals surface area contributed by atoms with E-state index in [1.807, 2.05) is 0 Å². The Morgan fingerprint density at radius 2 is 2.12 bits per heavy atom. The molecule has 0 radical (unpaired) electrons.